The second-order valence-corrected chi connectivity index (χ2v) is 4.38. The van der Waals surface area contributed by atoms with Gasteiger partial charge in [0.05, 0.1) is 9.77 Å². The van der Waals surface area contributed by atoms with E-state index in [1.165, 1.54) is 18.6 Å². The number of carbonyl (C=O) groups is 1. The number of carbonyl (C=O) groups excluding carboxylic acids is 1. The summed E-state index contributed by atoms with van der Waals surface area (Å²) < 4.78 is 26.4. The predicted molar refractivity (Wildman–Crippen MR) is 69.1 cm³/mol. The van der Waals surface area contributed by atoms with Crippen molar-refractivity contribution >= 4 is 34.2 Å². The molecule has 1 heterocycles. The molecule has 0 spiro atoms. The van der Waals surface area contributed by atoms with Crippen LogP contribution in [0.4, 0.5) is 14.5 Å². The molecule has 92 valence electrons. The highest BCUT2D eigenvalue weighted by Gasteiger charge is 2.12. The zero-order valence-electron chi connectivity index (χ0n) is 8.82. The Bertz CT molecular complexity index is 569. The summed E-state index contributed by atoms with van der Waals surface area (Å²) in [6.45, 7) is 0. The van der Waals surface area contributed by atoms with Crippen LogP contribution in [0.3, 0.4) is 0 Å². The van der Waals surface area contributed by atoms with Crippen LogP contribution in [0.15, 0.2) is 30.7 Å². The second kappa shape index (κ2) is 5.34. The Morgan fingerprint density at radius 2 is 1.89 bits per heavy atom. The molecule has 0 saturated heterocycles. The van der Waals surface area contributed by atoms with Gasteiger partial charge in [-0.1, -0.05) is 0 Å². The van der Waals surface area contributed by atoms with E-state index >= 15 is 0 Å². The van der Waals surface area contributed by atoms with Crippen LogP contribution in [-0.2, 0) is 0 Å². The lowest BCUT2D eigenvalue weighted by atomic mass is 10.3. The number of amides is 1. The first kappa shape index (κ1) is 12.8. The lowest BCUT2D eigenvalue weighted by Gasteiger charge is -2.06. The topological polar surface area (TPSA) is 54.9 Å². The second-order valence-electron chi connectivity index (χ2n) is 3.30. The molecule has 0 aliphatic rings. The molecule has 1 aromatic carbocycles. The maximum atomic E-state index is 13.3. The SMILES string of the molecule is O=C(Nc1cc(F)c(I)c(F)c1)c1cnccn1. The van der Waals surface area contributed by atoms with Gasteiger partial charge in [0.2, 0.25) is 0 Å². The van der Waals surface area contributed by atoms with Gasteiger partial charge in [0.15, 0.2) is 0 Å². The first-order valence-electron chi connectivity index (χ1n) is 4.80. The van der Waals surface area contributed by atoms with Gasteiger partial charge < -0.3 is 5.32 Å². The van der Waals surface area contributed by atoms with Gasteiger partial charge >= 0.3 is 0 Å². The average Bonchev–Trinajstić information content (AvgIpc) is 2.37. The van der Waals surface area contributed by atoms with Crippen molar-refractivity contribution in [3.63, 3.8) is 0 Å². The highest BCUT2D eigenvalue weighted by Crippen LogP contribution is 2.20. The van der Waals surface area contributed by atoms with Crippen LogP contribution >= 0.6 is 22.6 Å². The van der Waals surface area contributed by atoms with Gasteiger partial charge in [0.1, 0.15) is 17.3 Å². The van der Waals surface area contributed by atoms with E-state index in [0.717, 1.165) is 12.1 Å². The third-order valence-corrected chi connectivity index (χ3v) is 3.07. The molecule has 0 bridgehead atoms. The highest BCUT2D eigenvalue weighted by molar-refractivity contribution is 14.1. The smallest absolute Gasteiger partial charge is 0.275 e. The number of aromatic nitrogens is 2. The zero-order valence-corrected chi connectivity index (χ0v) is 11.0. The number of anilines is 1. The Kier molecular flexibility index (Phi) is 3.80. The minimum Gasteiger partial charge on any atom is -0.320 e. The summed E-state index contributed by atoms with van der Waals surface area (Å²) in [4.78, 5) is 19.2. The number of nitrogens with one attached hydrogen (secondary N) is 1. The van der Waals surface area contributed by atoms with E-state index in [1.807, 2.05) is 0 Å². The van der Waals surface area contributed by atoms with Crippen LogP contribution in [0.25, 0.3) is 0 Å². The maximum absolute atomic E-state index is 13.3. The lowest BCUT2D eigenvalue weighted by Crippen LogP contribution is -2.14. The fourth-order valence-corrected chi connectivity index (χ4v) is 1.55. The van der Waals surface area contributed by atoms with E-state index in [4.69, 9.17) is 0 Å². The molecule has 0 atom stereocenters. The van der Waals surface area contributed by atoms with Crippen LogP contribution < -0.4 is 5.32 Å². The van der Waals surface area contributed by atoms with Crippen molar-refractivity contribution in [2.45, 2.75) is 0 Å². The monoisotopic (exact) mass is 361 g/mol. The van der Waals surface area contributed by atoms with E-state index < -0.39 is 17.5 Å². The molecule has 0 fully saturated rings. The Morgan fingerprint density at radius 3 is 2.44 bits per heavy atom. The van der Waals surface area contributed by atoms with Crippen molar-refractivity contribution in [1.29, 1.82) is 0 Å². The van der Waals surface area contributed by atoms with Gasteiger partial charge in [-0.2, -0.15) is 0 Å². The quantitative estimate of drug-likeness (QED) is 0.661. The molecule has 0 aliphatic carbocycles. The van der Waals surface area contributed by atoms with E-state index in [-0.39, 0.29) is 15.0 Å². The summed E-state index contributed by atoms with van der Waals surface area (Å²) in [7, 11) is 0. The van der Waals surface area contributed by atoms with Gasteiger partial charge in [0, 0.05) is 18.1 Å². The minimum absolute atomic E-state index is 0.0288. The zero-order chi connectivity index (χ0) is 13.1. The molecule has 7 heteroatoms. The molecule has 2 aromatic rings. The number of nitrogens with zero attached hydrogens (tertiary/aromatic N) is 2. The highest BCUT2D eigenvalue weighted by atomic mass is 127. The summed E-state index contributed by atoms with van der Waals surface area (Å²) in [5, 5.41) is 2.34. The van der Waals surface area contributed by atoms with E-state index in [1.54, 1.807) is 22.6 Å². The van der Waals surface area contributed by atoms with E-state index in [2.05, 4.69) is 15.3 Å². The fraction of sp³-hybridized carbons (Fsp3) is 0. The summed E-state index contributed by atoms with van der Waals surface area (Å²) in [6.07, 6.45) is 4.03. The number of rotatable bonds is 2. The van der Waals surface area contributed by atoms with Crippen molar-refractivity contribution < 1.29 is 13.6 Å². The first-order chi connectivity index (χ1) is 8.58. The maximum Gasteiger partial charge on any atom is 0.275 e. The summed E-state index contributed by atoms with van der Waals surface area (Å²) in [6, 6.07) is 2.08. The normalized spacial score (nSPS) is 10.2. The third kappa shape index (κ3) is 2.78. The number of hydrogen-bond acceptors (Lipinski definition) is 3. The van der Waals surface area contributed by atoms with Gasteiger partial charge in [-0.3, -0.25) is 9.78 Å². The van der Waals surface area contributed by atoms with Crippen LogP contribution in [-0.4, -0.2) is 15.9 Å². The predicted octanol–water partition coefficient (Wildman–Crippen LogP) is 2.61. The van der Waals surface area contributed by atoms with Crippen LogP contribution in [0, 0.1) is 15.2 Å². The average molecular weight is 361 g/mol. The summed E-state index contributed by atoms with van der Waals surface area (Å²) in [5.41, 5.74) is 0.0953. The third-order valence-electron chi connectivity index (χ3n) is 2.04. The van der Waals surface area contributed by atoms with E-state index in [9.17, 15) is 13.6 Å². The lowest BCUT2D eigenvalue weighted by molar-refractivity contribution is 0.102. The Balaban J connectivity index is 2.23. The fourth-order valence-electron chi connectivity index (χ4n) is 1.24. The van der Waals surface area contributed by atoms with Crippen molar-refractivity contribution in [2.24, 2.45) is 0 Å². The Labute approximate surface area is 115 Å². The van der Waals surface area contributed by atoms with Crippen LogP contribution in [0.1, 0.15) is 10.5 Å². The number of hydrogen-bond donors (Lipinski definition) is 1. The van der Waals surface area contributed by atoms with Crippen molar-refractivity contribution in [1.82, 2.24) is 9.97 Å². The number of halogens is 3. The van der Waals surface area contributed by atoms with Crippen molar-refractivity contribution in [3.05, 3.63) is 51.6 Å². The molecule has 1 aromatic heterocycles. The Morgan fingerprint density at radius 1 is 1.22 bits per heavy atom. The standard InChI is InChI=1S/C11H6F2IN3O/c12-7-3-6(4-8(13)10(7)14)17-11(18)9-5-15-1-2-16-9/h1-5H,(H,17,18). The van der Waals surface area contributed by atoms with E-state index in [0.29, 0.717) is 0 Å². The molecule has 18 heavy (non-hydrogen) atoms. The molecule has 2 rings (SSSR count). The largest absolute Gasteiger partial charge is 0.320 e. The minimum atomic E-state index is -0.731. The summed E-state index contributed by atoms with van der Waals surface area (Å²) >= 11 is 1.55. The molecular formula is C11H6F2IN3O. The molecule has 0 aliphatic heterocycles. The molecule has 0 saturated carbocycles. The molecule has 0 unspecified atom stereocenters. The van der Waals surface area contributed by atoms with Gasteiger partial charge in [-0.05, 0) is 34.7 Å². The van der Waals surface area contributed by atoms with Gasteiger partial charge in [-0.25, -0.2) is 13.8 Å². The van der Waals surface area contributed by atoms with Crippen LogP contribution in [0.2, 0.25) is 0 Å². The molecule has 4 nitrogen and oxygen atoms in total. The number of benzene rings is 1. The van der Waals surface area contributed by atoms with Gasteiger partial charge in [-0.15, -0.1) is 0 Å². The Hall–Kier alpha value is -1.64. The molecule has 1 N–H and O–H groups in total. The molecular weight excluding hydrogens is 355 g/mol. The molecule has 0 radical (unpaired) electrons. The summed E-state index contributed by atoms with van der Waals surface area (Å²) in [5.74, 6) is -2.04. The molecule has 1 amide bonds. The van der Waals surface area contributed by atoms with Crippen LogP contribution in [0.5, 0.6) is 0 Å². The van der Waals surface area contributed by atoms with Crippen molar-refractivity contribution in [2.75, 3.05) is 5.32 Å². The first-order valence-corrected chi connectivity index (χ1v) is 5.87. The van der Waals surface area contributed by atoms with Crippen molar-refractivity contribution in [3.8, 4) is 0 Å². The van der Waals surface area contributed by atoms with Gasteiger partial charge in [0.25, 0.3) is 5.91 Å².